The van der Waals surface area contributed by atoms with Crippen LogP contribution < -0.4 is 0 Å². The maximum atomic E-state index is 13.4. The number of esters is 1. The minimum Gasteiger partial charge on any atom is -0.452 e. The number of carbonyl (C=O) groups is 1. The number of ether oxygens (including phenoxy) is 2. The summed E-state index contributed by atoms with van der Waals surface area (Å²) in [4.78, 5) is 11.2. The molecule has 0 spiro atoms. The van der Waals surface area contributed by atoms with Crippen molar-refractivity contribution in [3.05, 3.63) is 48.0 Å². The van der Waals surface area contributed by atoms with Crippen molar-refractivity contribution < 1.29 is 32.5 Å². The van der Waals surface area contributed by atoms with Crippen LogP contribution >= 0.6 is 0 Å². The standard InChI is InChI=1S/C14H11F3O4/c15-14(16,17)13-7-6-9(18)20-12(13)10(19)11(21-13)8-4-2-1-3-5-8/h1-7,10-12,19H/t10-,11-,12-,13-/m1/s1. The van der Waals surface area contributed by atoms with Gasteiger partial charge in [0.2, 0.25) is 5.60 Å². The van der Waals surface area contributed by atoms with Crippen molar-refractivity contribution >= 4 is 5.97 Å². The molecular formula is C14H11F3O4. The quantitative estimate of drug-likeness (QED) is 0.805. The zero-order valence-corrected chi connectivity index (χ0v) is 10.6. The molecule has 0 unspecified atom stereocenters. The van der Waals surface area contributed by atoms with Gasteiger partial charge in [0.1, 0.15) is 12.2 Å². The first-order valence-electron chi connectivity index (χ1n) is 6.22. The molecule has 4 nitrogen and oxygen atoms in total. The van der Waals surface area contributed by atoms with Crippen LogP contribution in [0.25, 0.3) is 0 Å². The highest BCUT2D eigenvalue weighted by molar-refractivity contribution is 5.83. The predicted octanol–water partition coefficient (Wildman–Crippen LogP) is 1.90. The number of benzene rings is 1. The van der Waals surface area contributed by atoms with Gasteiger partial charge in [0.15, 0.2) is 6.10 Å². The third-order valence-corrected chi connectivity index (χ3v) is 3.65. The number of hydrogen-bond donors (Lipinski definition) is 1. The second-order valence-corrected chi connectivity index (χ2v) is 4.92. The SMILES string of the molecule is O=C1C=C[C@@]2(C(F)(F)F)O[C@H](c3ccccc3)[C@@H](O)[C@H]2O1. The van der Waals surface area contributed by atoms with Gasteiger partial charge in [-0.15, -0.1) is 0 Å². The van der Waals surface area contributed by atoms with Crippen LogP contribution in [0.15, 0.2) is 42.5 Å². The van der Waals surface area contributed by atoms with E-state index < -0.39 is 36.1 Å². The lowest BCUT2D eigenvalue weighted by Crippen LogP contribution is -2.56. The van der Waals surface area contributed by atoms with Gasteiger partial charge >= 0.3 is 12.1 Å². The normalized spacial score (nSPS) is 35.4. The van der Waals surface area contributed by atoms with Crippen LogP contribution in [0.2, 0.25) is 0 Å². The maximum Gasteiger partial charge on any atom is 0.424 e. The van der Waals surface area contributed by atoms with E-state index in [1.807, 2.05) is 0 Å². The highest BCUT2D eigenvalue weighted by Crippen LogP contribution is 2.51. The fourth-order valence-electron chi connectivity index (χ4n) is 2.64. The lowest BCUT2D eigenvalue weighted by molar-refractivity contribution is -0.274. The molecule has 1 N–H and O–H groups in total. The van der Waals surface area contributed by atoms with E-state index in [-0.39, 0.29) is 0 Å². The molecule has 0 bridgehead atoms. The monoisotopic (exact) mass is 300 g/mol. The highest BCUT2D eigenvalue weighted by Gasteiger charge is 2.70. The van der Waals surface area contributed by atoms with E-state index in [4.69, 9.17) is 4.74 Å². The fraction of sp³-hybridized carbons (Fsp3) is 0.357. The maximum absolute atomic E-state index is 13.4. The molecule has 0 aliphatic carbocycles. The van der Waals surface area contributed by atoms with E-state index in [1.54, 1.807) is 30.3 Å². The molecule has 1 saturated heterocycles. The van der Waals surface area contributed by atoms with E-state index in [0.29, 0.717) is 17.7 Å². The van der Waals surface area contributed by atoms with Gasteiger partial charge in [-0.25, -0.2) is 4.79 Å². The molecule has 1 fully saturated rings. The number of aliphatic hydroxyl groups excluding tert-OH is 1. The van der Waals surface area contributed by atoms with Crippen molar-refractivity contribution in [1.29, 1.82) is 0 Å². The van der Waals surface area contributed by atoms with Crippen LogP contribution in [-0.2, 0) is 14.3 Å². The second kappa shape index (κ2) is 4.57. The molecule has 2 aliphatic rings. The van der Waals surface area contributed by atoms with Gasteiger partial charge in [0.25, 0.3) is 0 Å². The lowest BCUT2D eigenvalue weighted by atomic mass is 9.90. The Balaban J connectivity index is 2.05. The summed E-state index contributed by atoms with van der Waals surface area (Å²) in [5, 5.41) is 10.1. The Morgan fingerprint density at radius 1 is 1.19 bits per heavy atom. The fourth-order valence-corrected chi connectivity index (χ4v) is 2.64. The third kappa shape index (κ3) is 2.04. The van der Waals surface area contributed by atoms with Crippen LogP contribution in [0.3, 0.4) is 0 Å². The van der Waals surface area contributed by atoms with Gasteiger partial charge in [-0.3, -0.25) is 0 Å². The van der Waals surface area contributed by atoms with Gasteiger partial charge in [-0.05, 0) is 11.6 Å². The Hall–Kier alpha value is -1.86. The van der Waals surface area contributed by atoms with Crippen LogP contribution in [0.5, 0.6) is 0 Å². The third-order valence-electron chi connectivity index (χ3n) is 3.65. The summed E-state index contributed by atoms with van der Waals surface area (Å²) < 4.78 is 50.0. The van der Waals surface area contributed by atoms with Gasteiger partial charge in [-0.1, -0.05) is 30.3 Å². The van der Waals surface area contributed by atoms with Crippen molar-refractivity contribution in [3.63, 3.8) is 0 Å². The highest BCUT2D eigenvalue weighted by atomic mass is 19.4. The topological polar surface area (TPSA) is 55.8 Å². The van der Waals surface area contributed by atoms with Crippen LogP contribution in [0.1, 0.15) is 11.7 Å². The van der Waals surface area contributed by atoms with E-state index in [1.165, 1.54) is 0 Å². The first kappa shape index (κ1) is 14.1. The number of aliphatic hydroxyl groups is 1. The van der Waals surface area contributed by atoms with Crippen molar-refractivity contribution in [2.75, 3.05) is 0 Å². The largest absolute Gasteiger partial charge is 0.452 e. The smallest absolute Gasteiger partial charge is 0.424 e. The molecule has 7 heteroatoms. The summed E-state index contributed by atoms with van der Waals surface area (Å²) in [5.74, 6) is -0.934. The molecule has 1 aromatic rings. The number of hydrogen-bond acceptors (Lipinski definition) is 4. The van der Waals surface area contributed by atoms with Crippen molar-refractivity contribution in [2.45, 2.75) is 30.1 Å². The summed E-state index contributed by atoms with van der Waals surface area (Å²) in [7, 11) is 0. The number of halogens is 3. The van der Waals surface area contributed by atoms with Crippen molar-refractivity contribution in [3.8, 4) is 0 Å². The molecule has 4 atom stereocenters. The summed E-state index contributed by atoms with van der Waals surface area (Å²) >= 11 is 0. The van der Waals surface area contributed by atoms with Gasteiger partial charge in [0.05, 0.1) is 0 Å². The average Bonchev–Trinajstić information content (AvgIpc) is 2.74. The number of fused-ring (bicyclic) bond motifs is 1. The predicted molar refractivity (Wildman–Crippen MR) is 64.1 cm³/mol. The Bertz CT molecular complexity index is 584. The van der Waals surface area contributed by atoms with Gasteiger partial charge < -0.3 is 14.6 Å². The van der Waals surface area contributed by atoms with E-state index in [2.05, 4.69) is 4.74 Å². The molecule has 1 aromatic carbocycles. The van der Waals surface area contributed by atoms with Gasteiger partial charge in [-0.2, -0.15) is 13.2 Å². The van der Waals surface area contributed by atoms with Crippen LogP contribution in [0.4, 0.5) is 13.2 Å². The molecular weight excluding hydrogens is 289 g/mol. The molecule has 2 aliphatic heterocycles. The molecule has 112 valence electrons. The lowest BCUT2D eigenvalue weighted by Gasteiger charge is -2.35. The summed E-state index contributed by atoms with van der Waals surface area (Å²) in [6.45, 7) is 0. The molecule has 0 amide bonds. The average molecular weight is 300 g/mol. The zero-order valence-electron chi connectivity index (χ0n) is 10.6. The summed E-state index contributed by atoms with van der Waals surface area (Å²) in [6, 6.07) is 8.02. The molecule has 0 saturated carbocycles. The minimum atomic E-state index is -4.82. The zero-order chi connectivity index (χ0) is 15.3. The molecule has 0 radical (unpaired) electrons. The number of alkyl halides is 3. The number of rotatable bonds is 1. The molecule has 21 heavy (non-hydrogen) atoms. The molecule has 0 aromatic heterocycles. The van der Waals surface area contributed by atoms with E-state index in [0.717, 1.165) is 0 Å². The Kier molecular flexibility index (Phi) is 3.07. The van der Waals surface area contributed by atoms with Gasteiger partial charge in [0, 0.05) is 6.08 Å². The first-order chi connectivity index (χ1) is 9.85. The summed E-state index contributed by atoms with van der Waals surface area (Å²) in [6.07, 6.45) is -8.18. The molecule has 2 heterocycles. The van der Waals surface area contributed by atoms with Crippen molar-refractivity contribution in [2.24, 2.45) is 0 Å². The van der Waals surface area contributed by atoms with Crippen molar-refractivity contribution in [1.82, 2.24) is 0 Å². The first-order valence-corrected chi connectivity index (χ1v) is 6.22. The second-order valence-electron chi connectivity index (χ2n) is 4.92. The van der Waals surface area contributed by atoms with Crippen LogP contribution in [-0.4, -0.2) is 35.1 Å². The molecule has 3 rings (SSSR count). The van der Waals surface area contributed by atoms with E-state index >= 15 is 0 Å². The Labute approximate surface area is 117 Å². The van der Waals surface area contributed by atoms with Crippen LogP contribution in [0, 0.1) is 0 Å². The summed E-state index contributed by atoms with van der Waals surface area (Å²) in [5.41, 5.74) is -2.44. The number of carbonyl (C=O) groups excluding carboxylic acids is 1. The Morgan fingerprint density at radius 3 is 2.48 bits per heavy atom. The van der Waals surface area contributed by atoms with E-state index in [9.17, 15) is 23.1 Å². The Morgan fingerprint density at radius 2 is 1.86 bits per heavy atom. The minimum absolute atomic E-state index is 0.382.